The van der Waals surface area contributed by atoms with E-state index in [1.165, 1.54) is 22.7 Å². The van der Waals surface area contributed by atoms with Crippen LogP contribution in [0, 0.1) is 0 Å². The Kier molecular flexibility index (Phi) is 3.56. The largest absolute Gasteiger partial charge is 0.353 e. The monoisotopic (exact) mass is 322 g/mol. The second-order valence-electron chi connectivity index (χ2n) is 6.85. The highest BCUT2D eigenvalue weighted by Crippen LogP contribution is 2.40. The highest BCUT2D eigenvalue weighted by atomic mass is 15.4. The van der Waals surface area contributed by atoms with E-state index in [0.29, 0.717) is 12.3 Å². The van der Waals surface area contributed by atoms with E-state index in [1.807, 2.05) is 0 Å². The molecule has 24 heavy (non-hydrogen) atoms. The van der Waals surface area contributed by atoms with Crippen LogP contribution < -0.4 is 19.6 Å². The summed E-state index contributed by atoms with van der Waals surface area (Å²) in [6, 6.07) is 17.4. The fourth-order valence-corrected chi connectivity index (χ4v) is 4.06. The Bertz CT molecular complexity index is 680. The molecule has 2 aromatic carbocycles. The van der Waals surface area contributed by atoms with E-state index >= 15 is 0 Å². The van der Waals surface area contributed by atoms with Gasteiger partial charge in [-0.2, -0.15) is 0 Å². The van der Waals surface area contributed by atoms with Gasteiger partial charge in [-0.1, -0.05) is 24.3 Å². The van der Waals surface area contributed by atoms with Crippen molar-refractivity contribution in [1.29, 1.82) is 0 Å². The third-order valence-electron chi connectivity index (χ3n) is 5.75. The number of para-hydroxylation sites is 4. The molecule has 0 N–H and O–H groups in total. The summed E-state index contributed by atoms with van der Waals surface area (Å²) >= 11 is 0. The van der Waals surface area contributed by atoms with E-state index in [9.17, 15) is 0 Å². The number of anilines is 4. The molecule has 126 valence electrons. The lowest BCUT2D eigenvalue weighted by Gasteiger charge is -2.32. The zero-order valence-electron chi connectivity index (χ0n) is 15.0. The molecule has 2 aliphatic rings. The van der Waals surface area contributed by atoms with Crippen LogP contribution in [0.15, 0.2) is 48.5 Å². The predicted octanol–water partition coefficient (Wildman–Crippen LogP) is 3.59. The minimum Gasteiger partial charge on any atom is -0.353 e. The van der Waals surface area contributed by atoms with Gasteiger partial charge in [0.2, 0.25) is 0 Å². The summed E-state index contributed by atoms with van der Waals surface area (Å²) in [5, 5.41) is 0. The molecular weight excluding hydrogens is 296 g/mol. The molecule has 4 nitrogen and oxygen atoms in total. The second-order valence-corrected chi connectivity index (χ2v) is 6.85. The molecule has 0 bridgehead atoms. The van der Waals surface area contributed by atoms with Crippen LogP contribution in [-0.2, 0) is 0 Å². The van der Waals surface area contributed by atoms with Crippen LogP contribution in [0.5, 0.6) is 0 Å². The van der Waals surface area contributed by atoms with Crippen molar-refractivity contribution in [2.45, 2.75) is 26.2 Å². The summed E-state index contributed by atoms with van der Waals surface area (Å²) in [5.74, 6) is 0. The van der Waals surface area contributed by atoms with Gasteiger partial charge in [0.25, 0.3) is 0 Å². The van der Waals surface area contributed by atoms with E-state index < -0.39 is 0 Å². The lowest BCUT2D eigenvalue weighted by atomic mass is 10.2. The molecule has 0 amide bonds. The first kappa shape index (κ1) is 15.2. The normalized spacial score (nSPS) is 22.2. The van der Waals surface area contributed by atoms with Crippen molar-refractivity contribution in [2.75, 3.05) is 46.8 Å². The van der Waals surface area contributed by atoms with Crippen LogP contribution in [0.2, 0.25) is 0 Å². The fraction of sp³-hybridized carbons (Fsp3) is 0.400. The zero-order valence-corrected chi connectivity index (χ0v) is 15.0. The molecule has 0 radical (unpaired) electrons. The van der Waals surface area contributed by atoms with Crippen molar-refractivity contribution in [1.82, 2.24) is 0 Å². The van der Waals surface area contributed by atoms with Crippen molar-refractivity contribution in [2.24, 2.45) is 0 Å². The number of fused-ring (bicyclic) bond motifs is 2. The van der Waals surface area contributed by atoms with Gasteiger partial charge in [-0.3, -0.25) is 0 Å². The molecule has 2 aliphatic heterocycles. The quantitative estimate of drug-likeness (QED) is 0.856. The molecule has 2 aromatic rings. The van der Waals surface area contributed by atoms with Gasteiger partial charge in [0.15, 0.2) is 0 Å². The Balaban J connectivity index is 1.56. The van der Waals surface area contributed by atoms with Gasteiger partial charge in [0.05, 0.1) is 35.1 Å². The standard InChI is InChI=1S/C20H26N4/c1-15-21(3)17-9-5-7-11-19(17)23(15)13-14-24-16(2)22(4)18-10-6-8-12-20(18)24/h5-12,15-16H,13-14H2,1-4H3/t15-,16+. The van der Waals surface area contributed by atoms with Crippen molar-refractivity contribution in [3.63, 3.8) is 0 Å². The third-order valence-corrected chi connectivity index (χ3v) is 5.75. The number of hydrogen-bond acceptors (Lipinski definition) is 4. The summed E-state index contributed by atoms with van der Waals surface area (Å²) in [4.78, 5) is 9.76. The van der Waals surface area contributed by atoms with Crippen LogP contribution in [0.1, 0.15) is 13.8 Å². The molecule has 0 aromatic heterocycles. The topological polar surface area (TPSA) is 13.0 Å². The summed E-state index contributed by atoms with van der Waals surface area (Å²) in [6.07, 6.45) is 0.793. The predicted molar refractivity (Wildman–Crippen MR) is 103 cm³/mol. The maximum absolute atomic E-state index is 2.52. The molecule has 4 rings (SSSR count). The highest BCUT2D eigenvalue weighted by molar-refractivity contribution is 5.78. The Morgan fingerprint density at radius 2 is 0.958 bits per heavy atom. The van der Waals surface area contributed by atoms with Crippen molar-refractivity contribution in [3.05, 3.63) is 48.5 Å². The fourth-order valence-electron chi connectivity index (χ4n) is 4.06. The van der Waals surface area contributed by atoms with Crippen LogP contribution in [0.4, 0.5) is 22.7 Å². The maximum Gasteiger partial charge on any atom is 0.0986 e. The van der Waals surface area contributed by atoms with Crippen LogP contribution >= 0.6 is 0 Å². The molecule has 0 spiro atoms. The minimum atomic E-state index is 0.397. The first-order valence-corrected chi connectivity index (χ1v) is 8.76. The third kappa shape index (κ3) is 2.13. The summed E-state index contributed by atoms with van der Waals surface area (Å²) in [5.41, 5.74) is 5.36. The molecule has 0 saturated carbocycles. The van der Waals surface area contributed by atoms with E-state index in [2.05, 4.69) is 96.1 Å². The Labute approximate surface area is 144 Å². The Morgan fingerprint density at radius 1 is 0.625 bits per heavy atom. The minimum absolute atomic E-state index is 0.397. The van der Waals surface area contributed by atoms with Gasteiger partial charge in [0, 0.05) is 27.2 Å². The van der Waals surface area contributed by atoms with Crippen LogP contribution in [-0.4, -0.2) is 39.5 Å². The Morgan fingerprint density at radius 3 is 1.33 bits per heavy atom. The lowest BCUT2D eigenvalue weighted by molar-refractivity contribution is 0.610. The average molecular weight is 322 g/mol. The summed E-state index contributed by atoms with van der Waals surface area (Å²) in [7, 11) is 4.37. The van der Waals surface area contributed by atoms with Gasteiger partial charge >= 0.3 is 0 Å². The number of nitrogens with zero attached hydrogens (tertiary/aromatic N) is 4. The lowest BCUT2D eigenvalue weighted by Crippen LogP contribution is -2.46. The molecule has 0 unspecified atom stereocenters. The van der Waals surface area contributed by atoms with Gasteiger partial charge in [0.1, 0.15) is 0 Å². The molecule has 0 fully saturated rings. The van der Waals surface area contributed by atoms with Gasteiger partial charge < -0.3 is 19.6 Å². The molecule has 4 heteroatoms. The van der Waals surface area contributed by atoms with E-state index in [-0.39, 0.29) is 0 Å². The molecule has 2 atom stereocenters. The second kappa shape index (κ2) is 5.62. The molecule has 0 aliphatic carbocycles. The first-order valence-electron chi connectivity index (χ1n) is 8.76. The first-order chi connectivity index (χ1) is 11.6. The molecule has 0 saturated heterocycles. The van der Waals surface area contributed by atoms with Crippen LogP contribution in [0.3, 0.4) is 0 Å². The van der Waals surface area contributed by atoms with E-state index in [1.54, 1.807) is 0 Å². The number of benzene rings is 2. The van der Waals surface area contributed by atoms with Crippen molar-refractivity contribution < 1.29 is 0 Å². The van der Waals surface area contributed by atoms with E-state index in [0.717, 1.165) is 13.1 Å². The molecular formula is C20H26N4. The maximum atomic E-state index is 2.52. The van der Waals surface area contributed by atoms with Crippen molar-refractivity contribution in [3.8, 4) is 0 Å². The summed E-state index contributed by atoms with van der Waals surface area (Å²) in [6.45, 7) is 6.62. The highest BCUT2D eigenvalue weighted by Gasteiger charge is 2.33. The van der Waals surface area contributed by atoms with Gasteiger partial charge in [-0.15, -0.1) is 0 Å². The SMILES string of the molecule is C[C@@H]1N(C)c2ccccc2N1CCN1c2ccccc2N(C)[C@@H]1C. The molecule has 2 heterocycles. The van der Waals surface area contributed by atoms with Crippen molar-refractivity contribution >= 4 is 22.7 Å². The van der Waals surface area contributed by atoms with Crippen LogP contribution in [0.25, 0.3) is 0 Å². The Hall–Kier alpha value is -2.36. The van der Waals surface area contributed by atoms with Gasteiger partial charge in [-0.05, 0) is 38.1 Å². The van der Waals surface area contributed by atoms with Gasteiger partial charge in [-0.25, -0.2) is 0 Å². The zero-order chi connectivity index (χ0) is 16.8. The smallest absolute Gasteiger partial charge is 0.0986 e. The van der Waals surface area contributed by atoms with E-state index in [4.69, 9.17) is 0 Å². The summed E-state index contributed by atoms with van der Waals surface area (Å²) < 4.78 is 0. The average Bonchev–Trinajstić information content (AvgIpc) is 3.00. The number of rotatable bonds is 3. The number of hydrogen-bond donors (Lipinski definition) is 0.